The number of hydrogen-bond acceptors (Lipinski definition) is 7. The van der Waals surface area contributed by atoms with Crippen molar-refractivity contribution in [3.05, 3.63) is 71.1 Å². The van der Waals surface area contributed by atoms with Gasteiger partial charge in [-0.2, -0.15) is 22.6 Å². The fourth-order valence-corrected chi connectivity index (χ4v) is 3.93. The minimum Gasteiger partial charge on any atom is -0.496 e. The van der Waals surface area contributed by atoms with Gasteiger partial charge in [0.2, 0.25) is 0 Å². The average molecular weight is 515 g/mol. The van der Waals surface area contributed by atoms with Gasteiger partial charge in [0.1, 0.15) is 10.8 Å². The molecular weight excluding hydrogens is 489 g/mol. The number of nitrogens with zero attached hydrogens (tertiary/aromatic N) is 4. The first-order valence-electron chi connectivity index (χ1n) is 10.7. The van der Waals surface area contributed by atoms with Crippen LogP contribution in [0.15, 0.2) is 64.5 Å². The molecule has 2 heterocycles. The highest BCUT2D eigenvalue weighted by atomic mass is 32.1. The number of anilines is 1. The van der Waals surface area contributed by atoms with Crippen molar-refractivity contribution in [3.8, 4) is 29.2 Å². The van der Waals surface area contributed by atoms with Crippen LogP contribution in [0.1, 0.15) is 18.2 Å². The predicted molar refractivity (Wildman–Crippen MR) is 137 cm³/mol. The number of rotatable bonds is 9. The van der Waals surface area contributed by atoms with Gasteiger partial charge in [-0.25, -0.2) is 4.68 Å². The lowest BCUT2D eigenvalue weighted by molar-refractivity contribution is -0.137. The molecule has 0 saturated carbocycles. The lowest BCUT2D eigenvalue weighted by Crippen LogP contribution is -2.30. The van der Waals surface area contributed by atoms with Crippen LogP contribution < -0.4 is 20.9 Å². The SMILES string of the molecule is C#C/C(=C\Nc1cc(C)ns1)C(C)NC/N=c1/c(-c2ccc(C(F)(F)F)cc2OC)cccn1N=C. The molecule has 2 N–H and O–H groups in total. The van der Waals surface area contributed by atoms with Crippen LogP contribution in [-0.2, 0) is 6.18 Å². The highest BCUT2D eigenvalue weighted by Gasteiger charge is 2.31. The van der Waals surface area contributed by atoms with Crippen molar-refractivity contribution >= 4 is 23.3 Å². The fraction of sp³-hybridized carbons (Fsp3) is 0.240. The molecular formula is C25H25F3N6OS. The number of ether oxygens (including phenoxy) is 1. The maximum absolute atomic E-state index is 13.2. The Hall–Kier alpha value is -3.88. The molecule has 1 atom stereocenters. The molecule has 11 heteroatoms. The van der Waals surface area contributed by atoms with E-state index in [1.807, 2.05) is 19.9 Å². The van der Waals surface area contributed by atoms with E-state index < -0.39 is 11.7 Å². The number of alkyl halides is 3. The summed E-state index contributed by atoms with van der Waals surface area (Å²) >= 11 is 1.33. The lowest BCUT2D eigenvalue weighted by atomic mass is 10.0. The minimum atomic E-state index is -4.49. The summed E-state index contributed by atoms with van der Waals surface area (Å²) in [6.07, 6.45) is 4.57. The zero-order valence-electron chi connectivity index (χ0n) is 19.9. The van der Waals surface area contributed by atoms with Crippen molar-refractivity contribution in [3.63, 3.8) is 0 Å². The monoisotopic (exact) mass is 514 g/mol. The number of benzene rings is 1. The van der Waals surface area contributed by atoms with E-state index in [0.29, 0.717) is 22.2 Å². The summed E-state index contributed by atoms with van der Waals surface area (Å²) in [6, 6.07) is 8.42. The Kier molecular flexibility index (Phi) is 8.68. The fourth-order valence-electron chi connectivity index (χ4n) is 3.30. The van der Waals surface area contributed by atoms with E-state index in [2.05, 4.69) is 37.7 Å². The van der Waals surface area contributed by atoms with E-state index >= 15 is 0 Å². The van der Waals surface area contributed by atoms with Crippen LogP contribution in [0.25, 0.3) is 11.1 Å². The van der Waals surface area contributed by atoms with Gasteiger partial charge in [-0.1, -0.05) is 5.92 Å². The van der Waals surface area contributed by atoms with Crippen LogP contribution in [0.4, 0.5) is 18.2 Å². The van der Waals surface area contributed by atoms with Crippen molar-refractivity contribution in [2.75, 3.05) is 19.1 Å². The van der Waals surface area contributed by atoms with E-state index in [0.717, 1.165) is 22.8 Å². The Balaban J connectivity index is 1.89. The standard InChI is InChI=1S/C25H25F3N6OS/c1-6-18(14-30-23-12-16(2)33-36-23)17(3)31-15-32-24-21(8-7-11-34(24)29-4)20-10-9-19(25(26,27)28)13-22(20)35-5/h1,7-14,17,30-31H,4,15H2,2-3,5H3/b18-14+,32-24-. The second-order valence-corrected chi connectivity index (χ2v) is 8.41. The second-order valence-electron chi connectivity index (χ2n) is 7.61. The molecule has 188 valence electrons. The third kappa shape index (κ3) is 6.41. The highest BCUT2D eigenvalue weighted by molar-refractivity contribution is 7.10. The lowest BCUT2D eigenvalue weighted by Gasteiger charge is -2.15. The quantitative estimate of drug-likeness (QED) is 0.315. The molecule has 36 heavy (non-hydrogen) atoms. The van der Waals surface area contributed by atoms with Gasteiger partial charge in [0.05, 0.1) is 25.0 Å². The Morgan fingerprint density at radius 3 is 2.72 bits per heavy atom. The molecule has 1 unspecified atom stereocenters. The molecule has 3 rings (SSSR count). The van der Waals surface area contributed by atoms with Crippen molar-refractivity contribution in [2.45, 2.75) is 26.1 Å². The highest BCUT2D eigenvalue weighted by Crippen LogP contribution is 2.36. The number of aromatic nitrogens is 2. The van der Waals surface area contributed by atoms with E-state index in [1.54, 1.807) is 24.5 Å². The number of aryl methyl sites for hydroxylation is 1. The molecule has 0 aliphatic rings. The van der Waals surface area contributed by atoms with Gasteiger partial charge < -0.3 is 10.1 Å². The molecule has 1 aromatic carbocycles. The van der Waals surface area contributed by atoms with Gasteiger partial charge in [0.15, 0.2) is 5.49 Å². The smallest absolute Gasteiger partial charge is 0.416 e. The Bertz CT molecular complexity index is 1370. The van der Waals surface area contributed by atoms with Crippen molar-refractivity contribution < 1.29 is 17.9 Å². The van der Waals surface area contributed by atoms with Gasteiger partial charge in [-0.15, -0.1) is 6.42 Å². The van der Waals surface area contributed by atoms with Crippen LogP contribution in [0.5, 0.6) is 5.75 Å². The number of nitrogens with one attached hydrogen (secondary N) is 2. The number of halogens is 3. The summed E-state index contributed by atoms with van der Waals surface area (Å²) in [7, 11) is 1.32. The largest absolute Gasteiger partial charge is 0.496 e. The summed E-state index contributed by atoms with van der Waals surface area (Å²) in [4.78, 5) is 4.59. The Morgan fingerprint density at radius 2 is 2.11 bits per heavy atom. The number of methoxy groups -OCH3 is 1. The third-order valence-electron chi connectivity index (χ3n) is 5.18. The van der Waals surface area contributed by atoms with Crippen molar-refractivity contribution in [2.24, 2.45) is 10.1 Å². The molecule has 2 aromatic heterocycles. The van der Waals surface area contributed by atoms with Crippen molar-refractivity contribution in [1.29, 1.82) is 0 Å². The molecule has 0 aliphatic heterocycles. The molecule has 0 fully saturated rings. The van der Waals surface area contributed by atoms with E-state index in [9.17, 15) is 13.2 Å². The van der Waals surface area contributed by atoms with Gasteiger partial charge in [-0.3, -0.25) is 10.3 Å². The van der Waals surface area contributed by atoms with Crippen LogP contribution in [0.2, 0.25) is 0 Å². The zero-order valence-corrected chi connectivity index (χ0v) is 20.7. The maximum atomic E-state index is 13.2. The van der Waals surface area contributed by atoms with E-state index in [1.165, 1.54) is 29.4 Å². The van der Waals surface area contributed by atoms with Crippen LogP contribution in [0, 0.1) is 19.3 Å². The molecule has 0 radical (unpaired) electrons. The van der Waals surface area contributed by atoms with Gasteiger partial charge in [0.25, 0.3) is 0 Å². The first kappa shape index (κ1) is 26.7. The van der Waals surface area contributed by atoms with Crippen LogP contribution in [0.3, 0.4) is 0 Å². The van der Waals surface area contributed by atoms with Gasteiger partial charge in [0, 0.05) is 41.9 Å². The predicted octanol–water partition coefficient (Wildman–Crippen LogP) is 4.88. The number of terminal acetylenes is 1. The first-order chi connectivity index (χ1) is 17.2. The Labute approximate surface area is 211 Å². The van der Waals surface area contributed by atoms with Crippen molar-refractivity contribution in [1.82, 2.24) is 14.4 Å². The molecule has 3 aromatic rings. The zero-order chi connectivity index (χ0) is 26.3. The summed E-state index contributed by atoms with van der Waals surface area (Å²) in [6.45, 7) is 7.51. The summed E-state index contributed by atoms with van der Waals surface area (Å²) in [5.41, 5.74) is 2.12. The molecule has 0 bridgehead atoms. The summed E-state index contributed by atoms with van der Waals surface area (Å²) < 4.78 is 50.5. The average Bonchev–Trinajstić information content (AvgIpc) is 3.28. The molecule has 0 spiro atoms. The molecule has 0 aliphatic carbocycles. The van der Waals surface area contributed by atoms with E-state index in [4.69, 9.17) is 11.2 Å². The minimum absolute atomic E-state index is 0.0614. The van der Waals surface area contributed by atoms with Gasteiger partial charge >= 0.3 is 6.18 Å². The van der Waals surface area contributed by atoms with Gasteiger partial charge in [-0.05, 0) is 61.8 Å². The first-order valence-corrected chi connectivity index (χ1v) is 11.5. The molecule has 0 amide bonds. The summed E-state index contributed by atoms with van der Waals surface area (Å²) in [5, 5.41) is 11.2. The normalized spacial score (nSPS) is 13.2. The topological polar surface area (TPSA) is 75.8 Å². The van der Waals surface area contributed by atoms with Crippen LogP contribution in [-0.4, -0.2) is 35.6 Å². The van der Waals surface area contributed by atoms with E-state index in [-0.39, 0.29) is 18.5 Å². The number of hydrogen-bond donors (Lipinski definition) is 2. The molecule has 7 nitrogen and oxygen atoms in total. The summed E-state index contributed by atoms with van der Waals surface area (Å²) in [5.74, 6) is 2.72. The third-order valence-corrected chi connectivity index (χ3v) is 5.99. The van der Waals surface area contributed by atoms with Crippen LogP contribution >= 0.6 is 11.5 Å². The molecule has 0 saturated heterocycles. The second kappa shape index (κ2) is 11.7. The Morgan fingerprint density at radius 1 is 1.33 bits per heavy atom. The maximum Gasteiger partial charge on any atom is 0.416 e. The number of pyridine rings is 1.